The Labute approximate surface area is 516 Å². The number of carboxylic acids is 1. The van der Waals surface area contributed by atoms with Crippen molar-refractivity contribution in [1.82, 2.24) is 16.0 Å². The molecule has 40 heteroatoms. The number of hydrogen-bond donors (Lipinski definition) is 23. The number of amides is 3. The van der Waals surface area contributed by atoms with Crippen LogP contribution in [0.2, 0.25) is 0 Å². The summed E-state index contributed by atoms with van der Waals surface area (Å²) in [5, 5.41) is 227. The number of hydrogen-bond acceptors (Lipinski definition) is 36. The van der Waals surface area contributed by atoms with E-state index in [2.05, 4.69) is 16.0 Å². The van der Waals surface area contributed by atoms with Crippen LogP contribution in [0.1, 0.15) is 41.0 Å². The van der Waals surface area contributed by atoms with Gasteiger partial charge < -0.3 is 180 Å². The zero-order valence-electron chi connectivity index (χ0n) is 49.3. The molecular formula is C51H85N3O37. The number of carbonyl (C=O) groups is 4. The van der Waals surface area contributed by atoms with Gasteiger partial charge in [0, 0.05) is 27.2 Å². The van der Waals surface area contributed by atoms with Gasteiger partial charge in [0.05, 0.1) is 57.4 Å². The topological polar surface area (TPSA) is 629 Å². The van der Waals surface area contributed by atoms with Gasteiger partial charge in [-0.2, -0.15) is 0 Å². The summed E-state index contributed by atoms with van der Waals surface area (Å²) in [6, 6.07) is -5.53. The molecule has 0 aromatic carbocycles. The summed E-state index contributed by atoms with van der Waals surface area (Å²) < 4.78 is 77.0. The second-order valence-electron chi connectivity index (χ2n) is 23.2. The van der Waals surface area contributed by atoms with Gasteiger partial charge in [-0.15, -0.1) is 0 Å². The predicted molar refractivity (Wildman–Crippen MR) is 281 cm³/mol. The van der Waals surface area contributed by atoms with E-state index in [0.29, 0.717) is 0 Å². The molecule has 0 saturated carbocycles. The van der Waals surface area contributed by atoms with Crippen LogP contribution in [0.25, 0.3) is 0 Å². The van der Waals surface area contributed by atoms with E-state index in [-0.39, 0.29) is 0 Å². The Morgan fingerprint density at radius 3 is 1.29 bits per heavy atom. The fraction of sp³-hybridized carbons (Fsp3) is 0.922. The van der Waals surface area contributed by atoms with Gasteiger partial charge in [0.2, 0.25) is 17.7 Å². The van der Waals surface area contributed by atoms with E-state index in [1.54, 1.807) is 0 Å². The van der Waals surface area contributed by atoms with Crippen LogP contribution >= 0.6 is 0 Å². The summed E-state index contributed by atoms with van der Waals surface area (Å²) in [7, 11) is 0. The van der Waals surface area contributed by atoms with Crippen molar-refractivity contribution in [3.8, 4) is 0 Å². The first-order chi connectivity index (χ1) is 42.8. The van der Waals surface area contributed by atoms with Gasteiger partial charge in [-0.1, -0.05) is 0 Å². The lowest BCUT2D eigenvalue weighted by Gasteiger charge is -2.52. The molecular weight excluding hydrogens is 1250 g/mol. The number of ether oxygens (including phenoxy) is 13. The molecule has 7 aliphatic rings. The zero-order chi connectivity index (χ0) is 67.6. The van der Waals surface area contributed by atoms with Crippen molar-refractivity contribution in [2.45, 2.75) is 261 Å². The number of aliphatic carboxylic acids is 1. The second kappa shape index (κ2) is 31.6. The Kier molecular flexibility index (Phi) is 26.1. The Morgan fingerprint density at radius 1 is 0.451 bits per heavy atom. The zero-order valence-corrected chi connectivity index (χ0v) is 49.3. The minimum absolute atomic E-state index is 0.829. The van der Waals surface area contributed by atoms with E-state index >= 15 is 0 Å². The third kappa shape index (κ3) is 16.2. The number of nitrogens with one attached hydrogen (secondary N) is 3. The van der Waals surface area contributed by atoms with E-state index in [0.717, 1.165) is 20.8 Å². The molecule has 7 aliphatic heterocycles. The summed E-state index contributed by atoms with van der Waals surface area (Å²) in [5.74, 6) is -8.17. The summed E-state index contributed by atoms with van der Waals surface area (Å²) in [5.41, 5.74) is 0. The van der Waals surface area contributed by atoms with Crippen molar-refractivity contribution in [3.05, 3.63) is 0 Å². The maximum atomic E-state index is 13.4. The summed E-state index contributed by atoms with van der Waals surface area (Å²) in [4.78, 5) is 51.5. The monoisotopic (exact) mass is 1330 g/mol. The first-order valence-electron chi connectivity index (χ1n) is 29.0. The average molecular weight is 1330 g/mol. The lowest BCUT2D eigenvalue weighted by molar-refractivity contribution is -0.400. The molecule has 0 aromatic rings. The SMILES string of the molecule is CC(=O)N[C@@H]1[C@@H](O[C@@H]2O[C@@H](C)[C@@H](O)[C@@H](O)[C@@H]2O)[C@H](O[C@@H]2O[C@H](CO)[C@H](O)[C@H](O[C@@H]3O[C@H](CO)[C@@H](O[C@@H]4O[C@@H](C)[C@@H](O)[C@@H](O)[C@@H]4O)[C@H](O[C@@H]4O[C@H](CO)[C@H](O)[C@H](O[C@]5(C(=O)O)C[C@H](O)[C@@H](NC(C)=O)[C@H]([C@H](O)[C@H](O)CO)O5)[C@H]4O)[C@H]3NC(C)=O)[C@H]2O)[C@@H](CO)O[C@H]1O. The van der Waals surface area contributed by atoms with Crippen molar-refractivity contribution in [3.63, 3.8) is 0 Å². The van der Waals surface area contributed by atoms with Crippen LogP contribution in [0.5, 0.6) is 0 Å². The molecule has 0 spiro atoms. The minimum Gasteiger partial charge on any atom is -0.477 e. The highest BCUT2D eigenvalue weighted by molar-refractivity contribution is 5.77. The van der Waals surface area contributed by atoms with Crippen LogP contribution in [0.3, 0.4) is 0 Å². The number of aliphatic hydroxyl groups is 19. The maximum Gasteiger partial charge on any atom is 0.364 e. The molecule has 0 aromatic heterocycles. The Bertz CT molecular complexity index is 2380. The van der Waals surface area contributed by atoms with Gasteiger partial charge in [0.25, 0.3) is 5.79 Å². The molecule has 23 N–H and O–H groups in total. The number of aliphatic hydroxyl groups excluding tert-OH is 19. The third-order valence-corrected chi connectivity index (χ3v) is 16.6. The minimum atomic E-state index is -3.31. The van der Waals surface area contributed by atoms with Crippen molar-refractivity contribution in [1.29, 1.82) is 0 Å². The fourth-order valence-corrected chi connectivity index (χ4v) is 11.8. The van der Waals surface area contributed by atoms with E-state index in [1.165, 1.54) is 13.8 Å². The first kappa shape index (κ1) is 75.0. The molecule has 7 rings (SSSR count). The van der Waals surface area contributed by atoms with Crippen LogP contribution in [0.4, 0.5) is 0 Å². The molecule has 91 heavy (non-hydrogen) atoms. The van der Waals surface area contributed by atoms with Crippen molar-refractivity contribution in [2.75, 3.05) is 33.0 Å². The van der Waals surface area contributed by atoms with Crippen LogP contribution in [-0.4, -0.2) is 379 Å². The van der Waals surface area contributed by atoms with Crippen molar-refractivity contribution in [2.24, 2.45) is 0 Å². The Morgan fingerprint density at radius 2 is 0.835 bits per heavy atom. The number of carbonyl (C=O) groups excluding carboxylic acids is 3. The molecule has 3 amide bonds. The highest BCUT2D eigenvalue weighted by atomic mass is 16.8. The summed E-state index contributed by atoms with van der Waals surface area (Å²) >= 11 is 0. The van der Waals surface area contributed by atoms with Gasteiger partial charge in [-0.25, -0.2) is 4.79 Å². The van der Waals surface area contributed by atoms with E-state index in [4.69, 9.17) is 61.6 Å². The van der Waals surface area contributed by atoms with Crippen LogP contribution in [0.15, 0.2) is 0 Å². The molecule has 7 heterocycles. The molecule has 0 aliphatic carbocycles. The lowest BCUT2D eigenvalue weighted by atomic mass is 9.88. The molecule has 0 unspecified atom stereocenters. The Balaban J connectivity index is 1.27. The van der Waals surface area contributed by atoms with Crippen LogP contribution in [-0.2, 0) is 80.8 Å². The van der Waals surface area contributed by atoms with Gasteiger partial charge in [0.15, 0.2) is 37.7 Å². The molecule has 7 fully saturated rings. The second-order valence-corrected chi connectivity index (χ2v) is 23.2. The Hall–Kier alpha value is -3.40. The smallest absolute Gasteiger partial charge is 0.364 e. The lowest BCUT2D eigenvalue weighted by Crippen LogP contribution is -2.72. The van der Waals surface area contributed by atoms with Gasteiger partial charge in [0.1, 0.15) is 152 Å². The molecule has 7 saturated heterocycles. The summed E-state index contributed by atoms with van der Waals surface area (Å²) in [6.45, 7) is -0.397. The average Bonchev–Trinajstić information content (AvgIpc) is 0.780. The fourth-order valence-electron chi connectivity index (χ4n) is 11.8. The first-order valence-corrected chi connectivity index (χ1v) is 29.0. The quantitative estimate of drug-likeness (QED) is 0.0452. The van der Waals surface area contributed by atoms with Gasteiger partial charge in [-0.05, 0) is 13.8 Å². The molecule has 40 nitrogen and oxygen atoms in total. The van der Waals surface area contributed by atoms with E-state index in [9.17, 15) is 121 Å². The molecule has 0 bridgehead atoms. The molecule has 36 atom stereocenters. The van der Waals surface area contributed by atoms with Crippen LogP contribution < -0.4 is 16.0 Å². The summed E-state index contributed by atoms with van der Waals surface area (Å²) in [6.07, 6.45) is -66.6. The third-order valence-electron chi connectivity index (χ3n) is 16.6. The largest absolute Gasteiger partial charge is 0.477 e. The highest BCUT2D eigenvalue weighted by Crippen LogP contribution is 2.41. The highest BCUT2D eigenvalue weighted by Gasteiger charge is 2.62. The molecule has 0 radical (unpaired) electrons. The van der Waals surface area contributed by atoms with Crippen molar-refractivity contribution < 1.29 is 183 Å². The number of rotatable bonds is 23. The van der Waals surface area contributed by atoms with E-state index < -0.39 is 284 Å². The standard InChI is InChI=1S/C51H85N3O37/c1-12-26(65)31(70)33(72)46(79-12)85-38-22(11-59)84-45(89-42-29(68)19(8-56)82-48(35(42)74)86-37-21(10-58)81-44(76)24(53-15(4)61)40(37)87-47-34(73)32(71)27(66)13(2)80-47)25(54-16(5)62)41(38)88-49-36(75)43(30(69)20(9-57)83-49)91-51(50(77)78)6-17(63)23(52-14(3)60)39(90-51)28(67)18(64)7-55/h12-13,17-49,55-59,63-76H,6-11H2,1-5H3,(H,52,60)(H,53,61)(H,54,62)(H,77,78)/t12-,13-,17-,18+,19+,20+,21+,22+,23+,24+,25+,26+,27+,28+,29-,30-,31+,32+,33-,34-,35+,36+,37+,38+,39+,40+,41+,42-,43-,44+,45-,46-,47-,48-,49-,51-/m0/s1. The normalized spacial score (nSPS) is 48.0. The molecule has 526 valence electrons. The predicted octanol–water partition coefficient (Wildman–Crippen LogP) is -14.6. The van der Waals surface area contributed by atoms with Gasteiger partial charge in [-0.3, -0.25) is 14.4 Å². The van der Waals surface area contributed by atoms with Gasteiger partial charge >= 0.3 is 5.97 Å². The van der Waals surface area contributed by atoms with Crippen LogP contribution in [0, 0.1) is 0 Å². The maximum absolute atomic E-state index is 13.4. The van der Waals surface area contributed by atoms with E-state index in [1.807, 2.05) is 0 Å². The van der Waals surface area contributed by atoms with Crippen molar-refractivity contribution >= 4 is 23.7 Å². The number of carboxylic acid groups (broad SMARTS) is 1.